The van der Waals surface area contributed by atoms with E-state index in [0.717, 1.165) is 22.0 Å². The van der Waals surface area contributed by atoms with Crippen LogP contribution in [-0.4, -0.2) is 42.4 Å². The van der Waals surface area contributed by atoms with Crippen LogP contribution in [0.4, 0.5) is 9.18 Å². The first-order chi connectivity index (χ1) is 5.48. The summed E-state index contributed by atoms with van der Waals surface area (Å²) in [6.45, 7) is 1.37. The molecule has 0 aromatic heterocycles. The van der Waals surface area contributed by atoms with Gasteiger partial charge < -0.3 is 9.80 Å². The van der Waals surface area contributed by atoms with Gasteiger partial charge in [-0.25, -0.2) is 4.79 Å². The highest BCUT2D eigenvalue weighted by Crippen LogP contribution is 2.02. The van der Waals surface area contributed by atoms with Crippen LogP contribution in [0.15, 0.2) is 0 Å². The van der Waals surface area contributed by atoms with Gasteiger partial charge in [0.15, 0.2) is 0 Å². The van der Waals surface area contributed by atoms with E-state index in [1.165, 1.54) is 0 Å². The Labute approximate surface area is 86.0 Å². The number of nitrogens with one attached hydrogen (secondary N) is 1. The van der Waals surface area contributed by atoms with Crippen LogP contribution < -0.4 is 5.32 Å². The molecule has 0 unspecified atom stereocenters. The summed E-state index contributed by atoms with van der Waals surface area (Å²) in [5, 5.41) is 2.12. The van der Waals surface area contributed by atoms with Gasteiger partial charge in [-0.3, -0.25) is 0 Å². The van der Waals surface area contributed by atoms with Crippen molar-refractivity contribution in [2.24, 2.45) is 0 Å². The van der Waals surface area contributed by atoms with Crippen LogP contribution in [0.2, 0.25) is 0 Å². The molecule has 72 valence electrons. The first-order valence-corrected chi connectivity index (χ1v) is 5.32. The standard InChI is InChI=1S/C7H14FIN2O/c1-11(2,6-9)5-3-4-10-7(8)12/h3-6H2,1-2H3/p+1. The third-order valence-electron chi connectivity index (χ3n) is 1.53. The van der Waals surface area contributed by atoms with E-state index in [0.29, 0.717) is 6.54 Å². The van der Waals surface area contributed by atoms with Crippen LogP contribution in [0, 0.1) is 0 Å². The number of rotatable bonds is 5. The van der Waals surface area contributed by atoms with Crippen molar-refractivity contribution in [2.75, 3.05) is 31.7 Å². The quantitative estimate of drug-likeness (QED) is 0.204. The summed E-state index contributed by atoms with van der Waals surface area (Å²) >= 11 is 2.31. The van der Waals surface area contributed by atoms with E-state index >= 15 is 0 Å². The Morgan fingerprint density at radius 2 is 2.17 bits per heavy atom. The maximum atomic E-state index is 11.6. The highest BCUT2D eigenvalue weighted by Gasteiger charge is 2.11. The van der Waals surface area contributed by atoms with Crippen LogP contribution in [0.5, 0.6) is 0 Å². The van der Waals surface area contributed by atoms with Gasteiger partial charge in [0.2, 0.25) is 0 Å². The second kappa shape index (κ2) is 5.69. The van der Waals surface area contributed by atoms with Gasteiger partial charge in [-0.2, -0.15) is 0 Å². The Morgan fingerprint density at radius 3 is 2.58 bits per heavy atom. The van der Waals surface area contributed by atoms with Crippen molar-refractivity contribution < 1.29 is 13.7 Å². The lowest BCUT2D eigenvalue weighted by atomic mass is 10.4. The highest BCUT2D eigenvalue weighted by atomic mass is 127. The van der Waals surface area contributed by atoms with Crippen LogP contribution >= 0.6 is 22.6 Å². The first-order valence-electron chi connectivity index (χ1n) is 3.79. The summed E-state index contributed by atoms with van der Waals surface area (Å²) in [6, 6.07) is 0. The highest BCUT2D eigenvalue weighted by molar-refractivity contribution is 14.1. The molecule has 0 atom stereocenters. The van der Waals surface area contributed by atoms with Gasteiger partial charge in [0.05, 0.1) is 20.6 Å². The minimum atomic E-state index is -1.44. The van der Waals surface area contributed by atoms with Gasteiger partial charge in [0, 0.05) is 13.0 Å². The van der Waals surface area contributed by atoms with Crippen LogP contribution in [0.3, 0.4) is 0 Å². The summed E-state index contributed by atoms with van der Waals surface area (Å²) in [5.74, 6) is 0. The van der Waals surface area contributed by atoms with Gasteiger partial charge in [-0.1, -0.05) is 0 Å². The third-order valence-corrected chi connectivity index (χ3v) is 3.37. The molecule has 0 saturated heterocycles. The summed E-state index contributed by atoms with van der Waals surface area (Å²) in [4.78, 5) is 9.85. The molecule has 3 nitrogen and oxygen atoms in total. The van der Waals surface area contributed by atoms with E-state index in [1.807, 2.05) is 0 Å². The van der Waals surface area contributed by atoms with Crippen molar-refractivity contribution in [1.82, 2.24) is 5.32 Å². The number of halogens is 2. The molecule has 0 bridgehead atoms. The lowest BCUT2D eigenvalue weighted by Crippen LogP contribution is -2.40. The molecule has 0 rings (SSSR count). The lowest BCUT2D eigenvalue weighted by Gasteiger charge is -2.26. The minimum absolute atomic E-state index is 0.424. The Morgan fingerprint density at radius 1 is 1.58 bits per heavy atom. The molecular weight excluding hydrogens is 274 g/mol. The molecule has 0 aliphatic carbocycles. The second-order valence-corrected chi connectivity index (χ2v) is 4.02. The zero-order valence-electron chi connectivity index (χ0n) is 7.44. The fraction of sp³-hybridized carbons (Fsp3) is 0.857. The lowest BCUT2D eigenvalue weighted by molar-refractivity contribution is -0.874. The van der Waals surface area contributed by atoms with E-state index in [2.05, 4.69) is 42.0 Å². The van der Waals surface area contributed by atoms with E-state index in [1.54, 1.807) is 0 Å². The molecular formula is C7H15FIN2O+. The van der Waals surface area contributed by atoms with E-state index in [9.17, 15) is 9.18 Å². The van der Waals surface area contributed by atoms with Crippen molar-refractivity contribution in [3.63, 3.8) is 0 Å². The Balaban J connectivity index is 3.37. The van der Waals surface area contributed by atoms with Crippen molar-refractivity contribution in [3.05, 3.63) is 0 Å². The molecule has 0 aromatic carbocycles. The number of carbonyl (C=O) groups is 1. The number of quaternary nitrogens is 1. The average Bonchev–Trinajstić information content (AvgIpc) is 1.98. The average molecular weight is 289 g/mol. The maximum Gasteiger partial charge on any atom is 0.397 e. The molecule has 0 fully saturated rings. The Bertz CT molecular complexity index is 152. The summed E-state index contributed by atoms with van der Waals surface area (Å²) < 4.78 is 13.6. The zero-order valence-corrected chi connectivity index (χ0v) is 9.60. The zero-order chi connectivity index (χ0) is 9.61. The summed E-state index contributed by atoms with van der Waals surface area (Å²) in [5.41, 5.74) is 0. The van der Waals surface area contributed by atoms with Gasteiger partial charge in [0.1, 0.15) is 4.55 Å². The van der Waals surface area contributed by atoms with E-state index < -0.39 is 6.16 Å². The molecule has 0 aromatic rings. The molecule has 1 N–H and O–H groups in total. The number of carbonyl (C=O) groups excluding carboxylic acids is 1. The van der Waals surface area contributed by atoms with Gasteiger partial charge in [-0.05, 0) is 22.6 Å². The second-order valence-electron chi connectivity index (χ2n) is 3.33. The van der Waals surface area contributed by atoms with Gasteiger partial charge >= 0.3 is 6.16 Å². The molecule has 0 saturated carbocycles. The molecule has 0 radical (unpaired) electrons. The molecule has 0 spiro atoms. The summed E-state index contributed by atoms with van der Waals surface area (Å²) in [6.07, 6.45) is -0.624. The topological polar surface area (TPSA) is 29.1 Å². The number of amides is 1. The fourth-order valence-corrected chi connectivity index (χ4v) is 1.09. The van der Waals surface area contributed by atoms with Crippen molar-refractivity contribution in [1.29, 1.82) is 0 Å². The molecule has 12 heavy (non-hydrogen) atoms. The predicted octanol–water partition coefficient (Wildman–Crippen LogP) is 1.52. The van der Waals surface area contributed by atoms with Crippen molar-refractivity contribution in [3.8, 4) is 0 Å². The van der Waals surface area contributed by atoms with Gasteiger partial charge in [-0.15, -0.1) is 4.39 Å². The van der Waals surface area contributed by atoms with E-state index in [4.69, 9.17) is 0 Å². The molecule has 0 aliphatic rings. The van der Waals surface area contributed by atoms with Crippen LogP contribution in [0.1, 0.15) is 6.42 Å². The van der Waals surface area contributed by atoms with Crippen LogP contribution in [0.25, 0.3) is 0 Å². The number of alkyl halides is 1. The first kappa shape index (κ1) is 12.1. The molecule has 0 heterocycles. The monoisotopic (exact) mass is 289 g/mol. The smallest absolute Gasteiger partial charge is 0.328 e. The third kappa shape index (κ3) is 6.78. The number of hydrogen-bond acceptors (Lipinski definition) is 1. The maximum absolute atomic E-state index is 11.6. The summed E-state index contributed by atoms with van der Waals surface area (Å²) in [7, 11) is 4.20. The van der Waals surface area contributed by atoms with Crippen molar-refractivity contribution >= 4 is 28.8 Å². The molecule has 1 amide bonds. The Hall–Kier alpha value is 0.0900. The van der Waals surface area contributed by atoms with Crippen molar-refractivity contribution in [2.45, 2.75) is 6.42 Å². The largest absolute Gasteiger partial charge is 0.397 e. The Kier molecular flexibility index (Phi) is 5.73. The number of hydrogen-bond donors (Lipinski definition) is 1. The molecule has 5 heteroatoms. The normalized spacial score (nSPS) is 11.3. The number of nitrogens with zero attached hydrogens (tertiary/aromatic N) is 1. The predicted molar refractivity (Wildman–Crippen MR) is 55.0 cm³/mol. The fourth-order valence-electron chi connectivity index (χ4n) is 0.754. The van der Waals surface area contributed by atoms with Gasteiger partial charge in [0.25, 0.3) is 0 Å². The molecule has 0 aliphatic heterocycles. The van der Waals surface area contributed by atoms with E-state index in [-0.39, 0.29) is 0 Å². The SMILES string of the molecule is C[N+](C)(CI)CCCNC(=O)F. The van der Waals surface area contributed by atoms with Crippen LogP contribution in [-0.2, 0) is 0 Å². The minimum Gasteiger partial charge on any atom is -0.328 e.